The van der Waals surface area contributed by atoms with Crippen molar-refractivity contribution >= 4 is 5.95 Å². The van der Waals surface area contributed by atoms with Crippen molar-refractivity contribution in [1.29, 1.82) is 0 Å². The lowest BCUT2D eigenvalue weighted by molar-refractivity contribution is 0.197. The predicted octanol–water partition coefficient (Wildman–Crippen LogP) is 2.46. The van der Waals surface area contributed by atoms with Gasteiger partial charge >= 0.3 is 0 Å². The summed E-state index contributed by atoms with van der Waals surface area (Å²) >= 11 is 0. The number of pyridine rings is 1. The van der Waals surface area contributed by atoms with Crippen LogP contribution < -0.4 is 9.64 Å². The van der Waals surface area contributed by atoms with Crippen LogP contribution in [0.1, 0.15) is 31.1 Å². The van der Waals surface area contributed by atoms with Crippen LogP contribution in [0.5, 0.6) is 5.88 Å². The quantitative estimate of drug-likeness (QED) is 0.841. The smallest absolute Gasteiger partial charge is 0.228 e. The molecule has 1 saturated heterocycles. The van der Waals surface area contributed by atoms with E-state index >= 15 is 0 Å². The summed E-state index contributed by atoms with van der Waals surface area (Å²) in [6, 6.07) is 6.39. The zero-order chi connectivity index (χ0) is 16.9. The fraction of sp³-hybridized carbons (Fsp3) is 0.500. The van der Waals surface area contributed by atoms with Gasteiger partial charge in [-0.05, 0) is 32.4 Å². The summed E-state index contributed by atoms with van der Waals surface area (Å²) < 4.78 is 5.54. The number of anilines is 1. The van der Waals surface area contributed by atoms with Crippen molar-refractivity contribution in [2.75, 3.05) is 37.7 Å². The molecule has 6 nitrogen and oxygen atoms in total. The van der Waals surface area contributed by atoms with Gasteiger partial charge in [-0.25, -0.2) is 4.98 Å². The maximum absolute atomic E-state index is 5.54. The lowest BCUT2D eigenvalue weighted by Crippen LogP contribution is -2.47. The molecule has 24 heavy (non-hydrogen) atoms. The molecule has 0 spiro atoms. The Morgan fingerprint density at radius 1 is 1.21 bits per heavy atom. The van der Waals surface area contributed by atoms with Crippen LogP contribution in [-0.2, 0) is 0 Å². The highest BCUT2D eigenvalue weighted by Crippen LogP contribution is 2.23. The Morgan fingerprint density at radius 2 is 2.00 bits per heavy atom. The summed E-state index contributed by atoms with van der Waals surface area (Å²) in [5, 5.41) is 0. The molecule has 1 atom stereocenters. The first-order valence-electron chi connectivity index (χ1n) is 8.54. The Bertz CT molecular complexity index is 656. The van der Waals surface area contributed by atoms with Gasteiger partial charge in [0.25, 0.3) is 0 Å². The van der Waals surface area contributed by atoms with Crippen molar-refractivity contribution in [3.63, 3.8) is 0 Å². The Kier molecular flexibility index (Phi) is 5.25. The first-order chi connectivity index (χ1) is 11.7. The van der Waals surface area contributed by atoms with Crippen molar-refractivity contribution in [3.8, 4) is 5.88 Å². The Labute approximate surface area is 143 Å². The van der Waals surface area contributed by atoms with Gasteiger partial charge in [0.2, 0.25) is 11.8 Å². The number of nitrogens with zero attached hydrogens (tertiary/aromatic N) is 5. The molecule has 0 unspecified atom stereocenters. The minimum atomic E-state index is 0.373. The number of aryl methyl sites for hydroxylation is 1. The third-order valence-electron chi connectivity index (χ3n) is 4.42. The summed E-state index contributed by atoms with van der Waals surface area (Å²) in [5.41, 5.74) is 2.20. The Balaban J connectivity index is 1.65. The normalized spacial score (nSPS) is 16.9. The molecule has 0 bridgehead atoms. The number of aromatic nitrogens is 3. The number of hydrogen-bond donors (Lipinski definition) is 0. The summed E-state index contributed by atoms with van der Waals surface area (Å²) in [7, 11) is 0. The molecule has 0 radical (unpaired) electrons. The van der Waals surface area contributed by atoms with Crippen molar-refractivity contribution in [1.82, 2.24) is 19.9 Å². The van der Waals surface area contributed by atoms with Gasteiger partial charge in [0.05, 0.1) is 6.61 Å². The van der Waals surface area contributed by atoms with E-state index in [-0.39, 0.29) is 0 Å². The van der Waals surface area contributed by atoms with Gasteiger partial charge in [-0.1, -0.05) is 6.07 Å². The predicted molar refractivity (Wildman–Crippen MR) is 94.4 cm³/mol. The van der Waals surface area contributed by atoms with Crippen LogP contribution in [0.15, 0.2) is 30.6 Å². The first-order valence-corrected chi connectivity index (χ1v) is 8.54. The van der Waals surface area contributed by atoms with E-state index in [1.807, 2.05) is 38.4 Å². The molecule has 1 aliphatic rings. The average Bonchev–Trinajstić information content (AvgIpc) is 2.62. The van der Waals surface area contributed by atoms with Crippen LogP contribution in [0.4, 0.5) is 5.95 Å². The van der Waals surface area contributed by atoms with Crippen LogP contribution >= 0.6 is 0 Å². The van der Waals surface area contributed by atoms with E-state index < -0.39 is 0 Å². The molecule has 3 heterocycles. The van der Waals surface area contributed by atoms with E-state index in [0.29, 0.717) is 18.5 Å². The lowest BCUT2D eigenvalue weighted by Gasteiger charge is -2.38. The van der Waals surface area contributed by atoms with Crippen LogP contribution in [0.3, 0.4) is 0 Å². The maximum Gasteiger partial charge on any atom is 0.228 e. The van der Waals surface area contributed by atoms with Crippen LogP contribution in [0.25, 0.3) is 0 Å². The zero-order valence-corrected chi connectivity index (χ0v) is 14.6. The molecule has 0 amide bonds. The van der Waals surface area contributed by atoms with Gasteiger partial charge in [0, 0.05) is 56.4 Å². The third-order valence-corrected chi connectivity index (χ3v) is 4.42. The maximum atomic E-state index is 5.54. The van der Waals surface area contributed by atoms with E-state index in [9.17, 15) is 0 Å². The van der Waals surface area contributed by atoms with Gasteiger partial charge < -0.3 is 9.64 Å². The molecule has 1 fully saturated rings. The van der Waals surface area contributed by atoms with Gasteiger partial charge in [-0.2, -0.15) is 4.98 Å². The summed E-state index contributed by atoms with van der Waals surface area (Å²) in [4.78, 5) is 18.1. The largest absolute Gasteiger partial charge is 0.478 e. The molecular formula is C18H25N5O. The monoisotopic (exact) mass is 327 g/mol. The molecule has 1 aliphatic heterocycles. The summed E-state index contributed by atoms with van der Waals surface area (Å²) in [5.74, 6) is 1.43. The zero-order valence-electron chi connectivity index (χ0n) is 14.6. The SMILES string of the molecule is CCOc1cc(C)nc(N2CCN([C@H](C)c3cccnc3)CC2)n1. The van der Waals surface area contributed by atoms with Gasteiger partial charge in [0.1, 0.15) is 0 Å². The van der Waals surface area contributed by atoms with E-state index in [0.717, 1.165) is 37.8 Å². The lowest BCUT2D eigenvalue weighted by atomic mass is 10.1. The van der Waals surface area contributed by atoms with Crippen molar-refractivity contribution in [2.24, 2.45) is 0 Å². The topological polar surface area (TPSA) is 54.4 Å². The Morgan fingerprint density at radius 3 is 2.67 bits per heavy atom. The van der Waals surface area contributed by atoms with Crippen LogP contribution in [-0.4, -0.2) is 52.6 Å². The van der Waals surface area contributed by atoms with E-state index in [1.54, 1.807) is 0 Å². The third kappa shape index (κ3) is 3.82. The van der Waals surface area contributed by atoms with Crippen molar-refractivity contribution in [2.45, 2.75) is 26.8 Å². The highest BCUT2D eigenvalue weighted by molar-refractivity contribution is 5.35. The summed E-state index contributed by atoms with van der Waals surface area (Å²) in [6.07, 6.45) is 3.77. The molecule has 6 heteroatoms. The average molecular weight is 327 g/mol. The van der Waals surface area contributed by atoms with Gasteiger partial charge in [-0.3, -0.25) is 9.88 Å². The number of hydrogen-bond acceptors (Lipinski definition) is 6. The molecule has 0 aliphatic carbocycles. The minimum absolute atomic E-state index is 0.373. The molecular weight excluding hydrogens is 302 g/mol. The number of piperazine rings is 1. The fourth-order valence-electron chi connectivity index (χ4n) is 3.03. The molecule has 0 N–H and O–H groups in total. The second-order valence-electron chi connectivity index (χ2n) is 6.07. The standard InChI is InChI=1S/C18H25N5O/c1-4-24-17-12-14(2)20-18(21-17)23-10-8-22(9-11-23)15(3)16-6-5-7-19-13-16/h5-7,12-13,15H,4,8-11H2,1-3H3/t15-/m1/s1. The molecule has 0 saturated carbocycles. The van der Waals surface area contributed by atoms with Crippen molar-refractivity contribution < 1.29 is 4.74 Å². The highest BCUT2D eigenvalue weighted by atomic mass is 16.5. The molecule has 2 aromatic heterocycles. The fourth-order valence-corrected chi connectivity index (χ4v) is 3.03. The van der Waals surface area contributed by atoms with E-state index in [1.165, 1.54) is 5.56 Å². The van der Waals surface area contributed by atoms with Crippen molar-refractivity contribution in [3.05, 3.63) is 41.9 Å². The number of rotatable bonds is 5. The second kappa shape index (κ2) is 7.57. The summed E-state index contributed by atoms with van der Waals surface area (Å²) in [6.45, 7) is 10.6. The van der Waals surface area contributed by atoms with E-state index in [4.69, 9.17) is 4.74 Å². The van der Waals surface area contributed by atoms with Crippen LogP contribution in [0.2, 0.25) is 0 Å². The first kappa shape index (κ1) is 16.6. The van der Waals surface area contributed by atoms with Crippen LogP contribution in [0, 0.1) is 6.92 Å². The Hall–Kier alpha value is -2.21. The van der Waals surface area contributed by atoms with Gasteiger partial charge in [0.15, 0.2) is 0 Å². The second-order valence-corrected chi connectivity index (χ2v) is 6.07. The molecule has 2 aromatic rings. The number of ether oxygens (including phenoxy) is 1. The highest BCUT2D eigenvalue weighted by Gasteiger charge is 2.24. The molecule has 128 valence electrons. The molecule has 0 aromatic carbocycles. The van der Waals surface area contributed by atoms with E-state index in [2.05, 4.69) is 37.7 Å². The van der Waals surface area contributed by atoms with Gasteiger partial charge in [-0.15, -0.1) is 0 Å². The minimum Gasteiger partial charge on any atom is -0.478 e. The molecule has 3 rings (SSSR count).